The second-order valence-electron chi connectivity index (χ2n) is 4.88. The quantitative estimate of drug-likeness (QED) is 0.782. The monoisotopic (exact) mass is 273 g/mol. The molecule has 0 radical (unpaired) electrons. The van der Waals surface area contributed by atoms with E-state index in [-0.39, 0.29) is 0 Å². The van der Waals surface area contributed by atoms with Crippen molar-refractivity contribution in [3.8, 4) is 5.75 Å². The van der Waals surface area contributed by atoms with E-state index in [0.29, 0.717) is 11.8 Å². The number of aryl methyl sites for hydroxylation is 2. The third kappa shape index (κ3) is 2.90. The van der Waals surface area contributed by atoms with Crippen LogP contribution < -0.4 is 4.74 Å². The molecular weight excluding hydrogens is 258 g/mol. The molecule has 0 saturated heterocycles. The van der Waals surface area contributed by atoms with Gasteiger partial charge in [-0.2, -0.15) is 0 Å². The fourth-order valence-corrected chi connectivity index (χ4v) is 2.66. The van der Waals surface area contributed by atoms with E-state index in [1.165, 1.54) is 36.8 Å². The van der Waals surface area contributed by atoms with Crippen molar-refractivity contribution in [1.82, 2.24) is 4.98 Å². The Morgan fingerprint density at radius 1 is 1.11 bits per heavy atom. The Morgan fingerprint density at radius 2 is 1.95 bits per heavy atom. The fourth-order valence-electron chi connectivity index (χ4n) is 2.49. The summed E-state index contributed by atoms with van der Waals surface area (Å²) in [5, 5.41) is 0.514. The first-order valence-corrected chi connectivity index (χ1v) is 7.05. The van der Waals surface area contributed by atoms with Crippen LogP contribution in [0.15, 0.2) is 36.5 Å². The lowest BCUT2D eigenvalue weighted by molar-refractivity contribution is 0.305. The van der Waals surface area contributed by atoms with E-state index >= 15 is 0 Å². The number of ether oxygens (including phenoxy) is 1. The molecule has 0 amide bonds. The Bertz CT molecular complexity index is 583. The van der Waals surface area contributed by atoms with Gasteiger partial charge >= 0.3 is 0 Å². The molecule has 0 bridgehead atoms. The Kier molecular flexibility index (Phi) is 3.69. The number of benzene rings is 1. The highest BCUT2D eigenvalue weighted by atomic mass is 35.5. The minimum Gasteiger partial charge on any atom is -0.489 e. The lowest BCUT2D eigenvalue weighted by Gasteiger charge is -2.16. The standard InChI is InChI=1S/C16H16ClNO/c17-16-14(6-3-9-18-16)11-19-15-8-7-12-4-1-2-5-13(12)10-15/h3,6-10H,1-2,4-5,11H2. The maximum atomic E-state index is 6.01. The highest BCUT2D eigenvalue weighted by Crippen LogP contribution is 2.26. The number of nitrogens with zero attached hydrogens (tertiary/aromatic N) is 1. The van der Waals surface area contributed by atoms with Gasteiger partial charge < -0.3 is 4.74 Å². The number of fused-ring (bicyclic) bond motifs is 1. The molecule has 0 fully saturated rings. The maximum absolute atomic E-state index is 6.01. The fraction of sp³-hybridized carbons (Fsp3) is 0.312. The highest BCUT2D eigenvalue weighted by Gasteiger charge is 2.10. The van der Waals surface area contributed by atoms with Crippen LogP contribution in [0.1, 0.15) is 29.5 Å². The van der Waals surface area contributed by atoms with Crippen molar-refractivity contribution in [2.75, 3.05) is 0 Å². The second-order valence-corrected chi connectivity index (χ2v) is 5.24. The van der Waals surface area contributed by atoms with Crippen LogP contribution in [0.4, 0.5) is 0 Å². The van der Waals surface area contributed by atoms with Crippen molar-refractivity contribution in [3.05, 3.63) is 58.4 Å². The predicted molar refractivity (Wildman–Crippen MR) is 76.7 cm³/mol. The zero-order valence-electron chi connectivity index (χ0n) is 10.7. The molecule has 1 aromatic carbocycles. The molecule has 0 N–H and O–H groups in total. The normalized spacial score (nSPS) is 13.9. The van der Waals surface area contributed by atoms with E-state index in [1.54, 1.807) is 6.20 Å². The van der Waals surface area contributed by atoms with E-state index in [1.807, 2.05) is 12.1 Å². The average molecular weight is 274 g/mol. The lowest BCUT2D eigenvalue weighted by atomic mass is 9.92. The molecular formula is C16H16ClNO. The number of pyridine rings is 1. The van der Waals surface area contributed by atoms with Gasteiger partial charge in [-0.05, 0) is 55.0 Å². The van der Waals surface area contributed by atoms with E-state index < -0.39 is 0 Å². The molecule has 0 spiro atoms. The van der Waals surface area contributed by atoms with Gasteiger partial charge in [0.1, 0.15) is 17.5 Å². The minimum atomic E-state index is 0.464. The molecule has 0 saturated carbocycles. The van der Waals surface area contributed by atoms with Crippen molar-refractivity contribution < 1.29 is 4.74 Å². The highest BCUT2D eigenvalue weighted by molar-refractivity contribution is 6.30. The van der Waals surface area contributed by atoms with Gasteiger partial charge in [-0.3, -0.25) is 0 Å². The van der Waals surface area contributed by atoms with E-state index in [4.69, 9.17) is 16.3 Å². The van der Waals surface area contributed by atoms with Crippen LogP contribution in [0.5, 0.6) is 5.75 Å². The van der Waals surface area contributed by atoms with Crippen molar-refractivity contribution in [2.45, 2.75) is 32.3 Å². The van der Waals surface area contributed by atoms with Crippen molar-refractivity contribution in [3.63, 3.8) is 0 Å². The SMILES string of the molecule is Clc1ncccc1COc1ccc2c(c1)CCCC2. The number of aromatic nitrogens is 1. The van der Waals surface area contributed by atoms with Crippen LogP contribution in [0.3, 0.4) is 0 Å². The van der Waals surface area contributed by atoms with Gasteiger partial charge in [0.15, 0.2) is 0 Å². The molecule has 1 heterocycles. The van der Waals surface area contributed by atoms with E-state index in [2.05, 4.69) is 23.2 Å². The zero-order chi connectivity index (χ0) is 13.1. The molecule has 1 aliphatic carbocycles. The number of hydrogen-bond donors (Lipinski definition) is 0. The number of hydrogen-bond acceptors (Lipinski definition) is 2. The van der Waals surface area contributed by atoms with Gasteiger partial charge in [-0.25, -0.2) is 4.98 Å². The molecule has 0 atom stereocenters. The summed E-state index contributed by atoms with van der Waals surface area (Å²) < 4.78 is 5.81. The molecule has 19 heavy (non-hydrogen) atoms. The Balaban J connectivity index is 1.72. The number of rotatable bonds is 3. The molecule has 98 valence electrons. The Morgan fingerprint density at radius 3 is 2.79 bits per heavy atom. The van der Waals surface area contributed by atoms with Crippen LogP contribution in [-0.4, -0.2) is 4.98 Å². The van der Waals surface area contributed by atoms with E-state index in [0.717, 1.165) is 11.3 Å². The molecule has 3 heteroatoms. The van der Waals surface area contributed by atoms with Crippen LogP contribution in [0, 0.1) is 0 Å². The first-order chi connectivity index (χ1) is 9.33. The molecule has 0 aliphatic heterocycles. The van der Waals surface area contributed by atoms with Crippen molar-refractivity contribution in [1.29, 1.82) is 0 Å². The van der Waals surface area contributed by atoms with Crippen LogP contribution in [0.2, 0.25) is 5.15 Å². The molecule has 0 unspecified atom stereocenters. The van der Waals surface area contributed by atoms with Crippen LogP contribution in [0.25, 0.3) is 0 Å². The van der Waals surface area contributed by atoms with Crippen molar-refractivity contribution in [2.24, 2.45) is 0 Å². The number of halogens is 1. The van der Waals surface area contributed by atoms with E-state index in [9.17, 15) is 0 Å². The summed E-state index contributed by atoms with van der Waals surface area (Å²) in [4.78, 5) is 4.05. The summed E-state index contributed by atoms with van der Waals surface area (Å²) in [6, 6.07) is 10.2. The molecule has 2 nitrogen and oxygen atoms in total. The molecule has 1 aromatic heterocycles. The average Bonchev–Trinajstić information content (AvgIpc) is 2.46. The Hall–Kier alpha value is -1.54. The summed E-state index contributed by atoms with van der Waals surface area (Å²) >= 11 is 6.01. The van der Waals surface area contributed by atoms with Crippen LogP contribution >= 0.6 is 11.6 Å². The molecule has 2 aromatic rings. The predicted octanol–water partition coefficient (Wildman–Crippen LogP) is 4.19. The minimum absolute atomic E-state index is 0.464. The summed E-state index contributed by atoms with van der Waals surface area (Å²) in [6.45, 7) is 0.464. The summed E-state index contributed by atoms with van der Waals surface area (Å²) in [6.07, 6.45) is 6.64. The van der Waals surface area contributed by atoms with Gasteiger partial charge in [0.2, 0.25) is 0 Å². The molecule has 3 rings (SSSR count). The largest absolute Gasteiger partial charge is 0.489 e. The first kappa shape index (κ1) is 12.5. The second kappa shape index (κ2) is 5.62. The van der Waals surface area contributed by atoms with Crippen LogP contribution in [-0.2, 0) is 19.4 Å². The maximum Gasteiger partial charge on any atom is 0.135 e. The summed E-state index contributed by atoms with van der Waals surface area (Å²) in [5.74, 6) is 0.917. The lowest BCUT2D eigenvalue weighted by Crippen LogP contribution is -2.03. The zero-order valence-corrected chi connectivity index (χ0v) is 11.5. The first-order valence-electron chi connectivity index (χ1n) is 6.67. The van der Waals surface area contributed by atoms with Gasteiger partial charge in [-0.15, -0.1) is 0 Å². The van der Waals surface area contributed by atoms with Gasteiger partial charge in [0.05, 0.1) is 0 Å². The van der Waals surface area contributed by atoms with Gasteiger partial charge in [0, 0.05) is 11.8 Å². The van der Waals surface area contributed by atoms with Gasteiger partial charge in [-0.1, -0.05) is 23.7 Å². The summed E-state index contributed by atoms with van der Waals surface area (Å²) in [5.41, 5.74) is 3.82. The molecule has 1 aliphatic rings. The third-order valence-corrected chi connectivity index (χ3v) is 3.89. The third-order valence-electron chi connectivity index (χ3n) is 3.55. The van der Waals surface area contributed by atoms with Gasteiger partial charge in [0.25, 0.3) is 0 Å². The smallest absolute Gasteiger partial charge is 0.135 e. The summed E-state index contributed by atoms with van der Waals surface area (Å²) in [7, 11) is 0. The van der Waals surface area contributed by atoms with Crippen molar-refractivity contribution >= 4 is 11.6 Å². The topological polar surface area (TPSA) is 22.1 Å². The Labute approximate surface area is 118 Å².